The number of carbonyl (C=O) groups is 3. The molecule has 0 unspecified atom stereocenters. The van der Waals surface area contributed by atoms with Crippen molar-refractivity contribution in [1.29, 1.82) is 0 Å². The summed E-state index contributed by atoms with van der Waals surface area (Å²) in [5, 5.41) is 2.97. The van der Waals surface area contributed by atoms with Crippen molar-refractivity contribution in [3.8, 4) is 0 Å². The first-order valence-corrected chi connectivity index (χ1v) is 8.89. The van der Waals surface area contributed by atoms with Crippen molar-refractivity contribution in [2.45, 2.75) is 32.1 Å². The maximum Gasteiger partial charge on any atom is 0.251 e. The Morgan fingerprint density at radius 2 is 1.62 bits per heavy atom. The van der Waals surface area contributed by atoms with Crippen LogP contribution < -0.4 is 10.2 Å². The lowest BCUT2D eigenvalue weighted by atomic mass is 9.96. The van der Waals surface area contributed by atoms with E-state index in [1.807, 2.05) is 18.2 Å². The highest BCUT2D eigenvalue weighted by Gasteiger charge is 2.30. The largest absolute Gasteiger partial charge is 0.351 e. The zero-order valence-corrected chi connectivity index (χ0v) is 14.8. The number of rotatable bonds is 6. The van der Waals surface area contributed by atoms with Gasteiger partial charge >= 0.3 is 0 Å². The average Bonchev–Trinajstić information content (AvgIpc) is 3.01. The first kappa shape index (κ1) is 17.9. The molecule has 5 nitrogen and oxygen atoms in total. The molecule has 1 N–H and O–H groups in total. The predicted molar refractivity (Wildman–Crippen MR) is 100.0 cm³/mol. The van der Waals surface area contributed by atoms with Crippen LogP contribution in [0.3, 0.4) is 0 Å². The van der Waals surface area contributed by atoms with Crippen LogP contribution in [0, 0.1) is 0 Å². The zero-order chi connectivity index (χ0) is 18.5. The fraction of sp³-hybridized carbons (Fsp3) is 0.286. The van der Waals surface area contributed by atoms with Crippen LogP contribution in [0.25, 0.3) is 0 Å². The quantitative estimate of drug-likeness (QED) is 0.813. The van der Waals surface area contributed by atoms with E-state index >= 15 is 0 Å². The lowest BCUT2D eigenvalue weighted by Crippen LogP contribution is -2.29. The van der Waals surface area contributed by atoms with Gasteiger partial charge in [0.1, 0.15) is 0 Å². The van der Waals surface area contributed by atoms with E-state index in [1.165, 1.54) is 10.5 Å². The number of imide groups is 1. The van der Waals surface area contributed by atoms with E-state index in [4.69, 9.17) is 0 Å². The molecule has 3 rings (SSSR count). The van der Waals surface area contributed by atoms with Gasteiger partial charge in [-0.3, -0.25) is 19.3 Å². The molecule has 0 aliphatic carbocycles. The minimum atomic E-state index is -0.194. The lowest BCUT2D eigenvalue weighted by molar-refractivity contribution is -0.121. The van der Waals surface area contributed by atoms with Crippen molar-refractivity contribution in [2.24, 2.45) is 0 Å². The number of benzene rings is 2. The molecule has 2 aromatic rings. The van der Waals surface area contributed by atoms with Crippen LogP contribution in [-0.4, -0.2) is 24.3 Å². The van der Waals surface area contributed by atoms with Gasteiger partial charge in [0.05, 0.1) is 5.69 Å². The highest BCUT2D eigenvalue weighted by atomic mass is 16.2. The van der Waals surface area contributed by atoms with Gasteiger partial charge in [0, 0.05) is 30.9 Å². The number of hydrogen-bond donors (Lipinski definition) is 1. The molecule has 1 saturated heterocycles. The van der Waals surface area contributed by atoms with Crippen molar-refractivity contribution < 1.29 is 14.4 Å². The van der Waals surface area contributed by atoms with Crippen LogP contribution in [0.1, 0.15) is 48.0 Å². The fourth-order valence-electron chi connectivity index (χ4n) is 3.17. The van der Waals surface area contributed by atoms with Gasteiger partial charge in [0.25, 0.3) is 5.91 Å². The molecule has 1 atom stereocenters. The highest BCUT2D eigenvalue weighted by Crippen LogP contribution is 2.23. The first-order chi connectivity index (χ1) is 12.6. The Kier molecular flexibility index (Phi) is 5.46. The topological polar surface area (TPSA) is 66.5 Å². The van der Waals surface area contributed by atoms with E-state index in [9.17, 15) is 14.4 Å². The van der Waals surface area contributed by atoms with Crippen LogP contribution >= 0.6 is 0 Å². The highest BCUT2D eigenvalue weighted by molar-refractivity contribution is 6.19. The molecular weight excluding hydrogens is 328 g/mol. The number of hydrogen-bond acceptors (Lipinski definition) is 3. The molecule has 26 heavy (non-hydrogen) atoms. The van der Waals surface area contributed by atoms with Gasteiger partial charge < -0.3 is 5.32 Å². The molecule has 3 amide bonds. The monoisotopic (exact) mass is 350 g/mol. The maximum atomic E-state index is 12.4. The third kappa shape index (κ3) is 3.82. The summed E-state index contributed by atoms with van der Waals surface area (Å²) in [4.78, 5) is 37.1. The summed E-state index contributed by atoms with van der Waals surface area (Å²) in [5.74, 6) is -0.286. The fourth-order valence-corrected chi connectivity index (χ4v) is 3.17. The van der Waals surface area contributed by atoms with E-state index in [0.717, 1.165) is 6.42 Å². The average molecular weight is 350 g/mol. The van der Waals surface area contributed by atoms with Crippen molar-refractivity contribution >= 4 is 23.4 Å². The summed E-state index contributed by atoms with van der Waals surface area (Å²) in [5.41, 5.74) is 2.23. The molecule has 0 radical (unpaired) electrons. The van der Waals surface area contributed by atoms with E-state index in [1.54, 1.807) is 24.3 Å². The molecule has 0 saturated carbocycles. The van der Waals surface area contributed by atoms with E-state index in [2.05, 4.69) is 24.4 Å². The zero-order valence-electron chi connectivity index (χ0n) is 14.8. The summed E-state index contributed by atoms with van der Waals surface area (Å²) < 4.78 is 0. The summed E-state index contributed by atoms with van der Waals surface area (Å²) in [6, 6.07) is 16.7. The SMILES string of the molecule is CC[C@H](CNC(=O)c1ccc(N2C(=O)CCC2=O)cc1)c1ccccc1. The number of anilines is 1. The minimum Gasteiger partial charge on any atom is -0.351 e. The smallest absolute Gasteiger partial charge is 0.251 e. The summed E-state index contributed by atoms with van der Waals surface area (Å²) in [6.45, 7) is 2.66. The minimum absolute atomic E-state index is 0.162. The standard InChI is InChI=1S/C21H22N2O3/c1-2-15(16-6-4-3-5-7-16)14-22-21(26)17-8-10-18(11-9-17)23-19(24)12-13-20(23)25/h3-11,15H,2,12-14H2,1H3,(H,22,26)/t15-/m1/s1. The summed E-state index contributed by atoms with van der Waals surface area (Å²) >= 11 is 0. The van der Waals surface area contributed by atoms with E-state index in [0.29, 0.717) is 17.8 Å². The van der Waals surface area contributed by atoms with Crippen LogP contribution in [0.2, 0.25) is 0 Å². The van der Waals surface area contributed by atoms with Crippen LogP contribution in [-0.2, 0) is 9.59 Å². The Hall–Kier alpha value is -2.95. The van der Waals surface area contributed by atoms with Gasteiger partial charge in [-0.1, -0.05) is 37.3 Å². The van der Waals surface area contributed by atoms with Crippen molar-refractivity contribution in [3.05, 3.63) is 65.7 Å². The normalized spacial score (nSPS) is 15.2. The lowest BCUT2D eigenvalue weighted by Gasteiger charge is -2.17. The van der Waals surface area contributed by atoms with Gasteiger partial charge in [-0.2, -0.15) is 0 Å². The molecule has 2 aromatic carbocycles. The van der Waals surface area contributed by atoms with Crippen LogP contribution in [0.15, 0.2) is 54.6 Å². The van der Waals surface area contributed by atoms with E-state index in [-0.39, 0.29) is 36.5 Å². The van der Waals surface area contributed by atoms with Gasteiger partial charge in [-0.15, -0.1) is 0 Å². The summed E-state index contributed by atoms with van der Waals surface area (Å²) in [6.07, 6.45) is 1.43. The molecular formula is C21H22N2O3. The third-order valence-corrected chi connectivity index (χ3v) is 4.71. The van der Waals surface area contributed by atoms with E-state index < -0.39 is 0 Å². The molecule has 0 bridgehead atoms. The Labute approximate surface area is 153 Å². The molecule has 0 spiro atoms. The second kappa shape index (κ2) is 7.95. The molecule has 1 fully saturated rings. The molecule has 1 aliphatic rings. The Morgan fingerprint density at radius 1 is 1.00 bits per heavy atom. The van der Waals surface area contributed by atoms with Crippen molar-refractivity contribution in [2.75, 3.05) is 11.4 Å². The molecule has 1 heterocycles. The Bertz CT molecular complexity index is 784. The number of carbonyl (C=O) groups excluding carboxylic acids is 3. The second-order valence-electron chi connectivity index (χ2n) is 6.40. The molecule has 1 aliphatic heterocycles. The van der Waals surface area contributed by atoms with Gasteiger partial charge in [-0.25, -0.2) is 0 Å². The van der Waals surface area contributed by atoms with Crippen molar-refractivity contribution in [1.82, 2.24) is 5.32 Å². The third-order valence-electron chi connectivity index (χ3n) is 4.71. The molecule has 0 aromatic heterocycles. The summed E-state index contributed by atoms with van der Waals surface area (Å²) in [7, 11) is 0. The van der Waals surface area contributed by atoms with Crippen LogP contribution in [0.4, 0.5) is 5.69 Å². The number of nitrogens with one attached hydrogen (secondary N) is 1. The first-order valence-electron chi connectivity index (χ1n) is 8.89. The molecule has 5 heteroatoms. The maximum absolute atomic E-state index is 12.4. The van der Waals surface area contributed by atoms with Gasteiger partial charge in [0.2, 0.25) is 11.8 Å². The van der Waals surface area contributed by atoms with Gasteiger partial charge in [0.15, 0.2) is 0 Å². The van der Waals surface area contributed by atoms with Gasteiger partial charge in [-0.05, 0) is 36.2 Å². The molecule has 134 valence electrons. The number of nitrogens with zero attached hydrogens (tertiary/aromatic N) is 1. The second-order valence-corrected chi connectivity index (χ2v) is 6.40. The number of amides is 3. The van der Waals surface area contributed by atoms with Crippen molar-refractivity contribution in [3.63, 3.8) is 0 Å². The Balaban J connectivity index is 1.63. The van der Waals surface area contributed by atoms with Crippen LogP contribution in [0.5, 0.6) is 0 Å². The predicted octanol–water partition coefficient (Wildman–Crippen LogP) is 3.26. The Morgan fingerprint density at radius 3 is 2.19 bits per heavy atom.